The second-order valence-corrected chi connectivity index (χ2v) is 5.12. The third-order valence-corrected chi connectivity index (χ3v) is 3.66. The fourth-order valence-corrected chi connectivity index (χ4v) is 2.34. The third-order valence-electron chi connectivity index (χ3n) is 3.33. The van der Waals surface area contributed by atoms with E-state index in [1.54, 1.807) is 0 Å². The van der Waals surface area contributed by atoms with Gasteiger partial charge in [0.15, 0.2) is 0 Å². The van der Waals surface area contributed by atoms with Gasteiger partial charge in [0.2, 0.25) is 0 Å². The number of anilines is 1. The molecule has 0 aliphatic carbocycles. The maximum atomic E-state index is 12.3. The van der Waals surface area contributed by atoms with Crippen LogP contribution in [0.2, 0.25) is 5.02 Å². The molecule has 2 rings (SSSR count). The fourth-order valence-electron chi connectivity index (χ4n) is 2.17. The van der Waals surface area contributed by atoms with Gasteiger partial charge in [-0.25, -0.2) is 0 Å². The van der Waals surface area contributed by atoms with Crippen LogP contribution < -0.4 is 21.1 Å². The van der Waals surface area contributed by atoms with Gasteiger partial charge >= 0.3 is 0 Å². The minimum atomic E-state index is -0.608. The molecule has 20 heavy (non-hydrogen) atoms. The number of amides is 1. The van der Waals surface area contributed by atoms with Crippen LogP contribution in [0, 0.1) is 0 Å². The van der Waals surface area contributed by atoms with Gasteiger partial charge in [-0.2, -0.15) is 0 Å². The van der Waals surface area contributed by atoms with Crippen molar-refractivity contribution in [3.63, 3.8) is 0 Å². The summed E-state index contributed by atoms with van der Waals surface area (Å²) in [7, 11) is 1.46. The number of hydrogen-bond acceptors (Lipinski definition) is 5. The van der Waals surface area contributed by atoms with Crippen LogP contribution in [0.15, 0.2) is 12.1 Å². The molecule has 7 heteroatoms. The van der Waals surface area contributed by atoms with E-state index in [0.29, 0.717) is 35.0 Å². The number of β-amino-alcohol motifs (C(OH)–C–C–N with tert-alkyl or cyclic N) is 1. The van der Waals surface area contributed by atoms with E-state index in [-0.39, 0.29) is 11.9 Å². The van der Waals surface area contributed by atoms with E-state index in [1.165, 1.54) is 19.2 Å². The summed E-state index contributed by atoms with van der Waals surface area (Å²) in [6.45, 7) is 1.21. The monoisotopic (exact) mass is 299 g/mol. The Morgan fingerprint density at radius 2 is 2.35 bits per heavy atom. The SMILES string of the molecule is COc1cc(N)c(Cl)cc1C(=O)N[C@@H]1CCNC[C@@H]1O. The third kappa shape index (κ3) is 3.15. The summed E-state index contributed by atoms with van der Waals surface area (Å²) in [5, 5.41) is 16.0. The zero-order chi connectivity index (χ0) is 14.7. The highest BCUT2D eigenvalue weighted by Crippen LogP contribution is 2.28. The van der Waals surface area contributed by atoms with Crippen molar-refractivity contribution in [2.24, 2.45) is 0 Å². The molecule has 1 saturated heterocycles. The summed E-state index contributed by atoms with van der Waals surface area (Å²) in [4.78, 5) is 12.3. The number of nitrogen functional groups attached to an aromatic ring is 1. The van der Waals surface area contributed by atoms with Crippen molar-refractivity contribution in [2.45, 2.75) is 18.6 Å². The average molecular weight is 300 g/mol. The lowest BCUT2D eigenvalue weighted by atomic mass is 10.0. The highest BCUT2D eigenvalue weighted by Gasteiger charge is 2.26. The molecule has 2 atom stereocenters. The number of ether oxygens (including phenoxy) is 1. The van der Waals surface area contributed by atoms with Gasteiger partial charge in [0.1, 0.15) is 5.75 Å². The van der Waals surface area contributed by atoms with Gasteiger partial charge in [0, 0.05) is 12.6 Å². The molecule has 0 unspecified atom stereocenters. The number of methoxy groups -OCH3 is 1. The molecule has 1 heterocycles. The first-order chi connectivity index (χ1) is 9.52. The molecule has 110 valence electrons. The van der Waals surface area contributed by atoms with Gasteiger partial charge in [0.25, 0.3) is 5.91 Å². The Labute approximate surface area is 122 Å². The van der Waals surface area contributed by atoms with E-state index in [9.17, 15) is 9.90 Å². The number of rotatable bonds is 3. The van der Waals surface area contributed by atoms with E-state index in [1.807, 2.05) is 0 Å². The Morgan fingerprint density at radius 1 is 1.60 bits per heavy atom. The number of halogens is 1. The lowest BCUT2D eigenvalue weighted by Crippen LogP contribution is -2.52. The van der Waals surface area contributed by atoms with Crippen LogP contribution in [-0.4, -0.2) is 43.4 Å². The number of nitrogens with two attached hydrogens (primary N) is 1. The molecule has 0 spiro atoms. The molecule has 1 amide bonds. The number of nitrogens with one attached hydrogen (secondary N) is 2. The first kappa shape index (κ1) is 14.9. The Balaban J connectivity index is 2.18. The average Bonchev–Trinajstić information content (AvgIpc) is 2.43. The smallest absolute Gasteiger partial charge is 0.255 e. The van der Waals surface area contributed by atoms with Crippen molar-refractivity contribution in [3.8, 4) is 5.75 Å². The zero-order valence-corrected chi connectivity index (χ0v) is 11.9. The van der Waals surface area contributed by atoms with Gasteiger partial charge in [-0.15, -0.1) is 0 Å². The standard InChI is InChI=1S/C13H18ClN3O3/c1-20-12-5-9(15)8(14)4-7(12)13(19)17-10-2-3-16-6-11(10)18/h4-5,10-11,16,18H,2-3,6,15H2,1H3,(H,17,19)/t10-,11+/m1/s1. The van der Waals surface area contributed by atoms with Crippen LogP contribution in [0.1, 0.15) is 16.8 Å². The number of aliphatic hydroxyl groups is 1. The largest absolute Gasteiger partial charge is 0.496 e. The lowest BCUT2D eigenvalue weighted by molar-refractivity contribution is 0.0763. The Hall–Kier alpha value is -1.50. The molecule has 1 fully saturated rings. The van der Waals surface area contributed by atoms with Crippen molar-refractivity contribution in [1.82, 2.24) is 10.6 Å². The second-order valence-electron chi connectivity index (χ2n) is 4.71. The predicted octanol–water partition coefficient (Wildman–Crippen LogP) is 0.383. The van der Waals surface area contributed by atoms with Crippen molar-refractivity contribution < 1.29 is 14.6 Å². The number of piperidine rings is 1. The first-order valence-corrected chi connectivity index (χ1v) is 6.73. The van der Waals surface area contributed by atoms with Gasteiger partial charge in [-0.1, -0.05) is 11.6 Å². The minimum Gasteiger partial charge on any atom is -0.496 e. The maximum Gasteiger partial charge on any atom is 0.255 e. The molecular weight excluding hydrogens is 282 g/mol. The summed E-state index contributed by atoms with van der Waals surface area (Å²) >= 11 is 5.94. The van der Waals surface area contributed by atoms with E-state index < -0.39 is 6.10 Å². The van der Waals surface area contributed by atoms with Gasteiger partial charge in [-0.05, 0) is 19.0 Å². The Bertz CT molecular complexity index is 510. The summed E-state index contributed by atoms with van der Waals surface area (Å²) in [6.07, 6.45) is 0.0562. The number of benzene rings is 1. The summed E-state index contributed by atoms with van der Waals surface area (Å²) in [6, 6.07) is 2.69. The zero-order valence-electron chi connectivity index (χ0n) is 11.1. The summed E-state index contributed by atoms with van der Waals surface area (Å²) in [5.74, 6) is 0.0162. The second kappa shape index (κ2) is 6.30. The first-order valence-electron chi connectivity index (χ1n) is 6.35. The molecule has 1 aliphatic heterocycles. The van der Waals surface area contributed by atoms with Gasteiger partial charge in [-0.3, -0.25) is 4.79 Å². The van der Waals surface area contributed by atoms with Crippen LogP contribution in [0.4, 0.5) is 5.69 Å². The Kier molecular flexibility index (Phi) is 4.69. The molecule has 1 aromatic carbocycles. The van der Waals surface area contributed by atoms with E-state index >= 15 is 0 Å². The Morgan fingerprint density at radius 3 is 3.00 bits per heavy atom. The number of carbonyl (C=O) groups is 1. The van der Waals surface area contributed by atoms with Crippen LogP contribution >= 0.6 is 11.6 Å². The molecular formula is C13H18ClN3O3. The number of hydrogen-bond donors (Lipinski definition) is 4. The minimum absolute atomic E-state index is 0.287. The van der Waals surface area contributed by atoms with Gasteiger partial charge < -0.3 is 26.2 Å². The topological polar surface area (TPSA) is 96.6 Å². The molecule has 0 aromatic heterocycles. The van der Waals surface area contributed by atoms with Crippen molar-refractivity contribution >= 4 is 23.2 Å². The van der Waals surface area contributed by atoms with Crippen LogP contribution in [0.25, 0.3) is 0 Å². The highest BCUT2D eigenvalue weighted by atomic mass is 35.5. The maximum absolute atomic E-state index is 12.3. The molecule has 0 saturated carbocycles. The fraction of sp³-hybridized carbons (Fsp3) is 0.462. The van der Waals surface area contributed by atoms with Crippen molar-refractivity contribution in [1.29, 1.82) is 0 Å². The van der Waals surface area contributed by atoms with E-state index in [4.69, 9.17) is 22.1 Å². The number of carbonyl (C=O) groups excluding carboxylic acids is 1. The van der Waals surface area contributed by atoms with Crippen molar-refractivity contribution in [2.75, 3.05) is 25.9 Å². The molecule has 1 aromatic rings. The van der Waals surface area contributed by atoms with E-state index in [0.717, 1.165) is 6.54 Å². The van der Waals surface area contributed by atoms with Crippen LogP contribution in [-0.2, 0) is 0 Å². The lowest BCUT2D eigenvalue weighted by Gasteiger charge is -2.29. The highest BCUT2D eigenvalue weighted by molar-refractivity contribution is 6.33. The quantitative estimate of drug-likeness (QED) is 0.605. The molecule has 6 nitrogen and oxygen atoms in total. The molecule has 1 aliphatic rings. The van der Waals surface area contributed by atoms with E-state index in [2.05, 4.69) is 10.6 Å². The van der Waals surface area contributed by atoms with Crippen molar-refractivity contribution in [3.05, 3.63) is 22.7 Å². The van der Waals surface area contributed by atoms with Gasteiger partial charge in [0.05, 0.1) is 35.5 Å². The molecule has 5 N–H and O–H groups in total. The summed E-state index contributed by atoms with van der Waals surface area (Å²) in [5.41, 5.74) is 6.33. The molecule has 0 radical (unpaired) electrons. The predicted molar refractivity (Wildman–Crippen MR) is 77.2 cm³/mol. The number of aliphatic hydroxyl groups excluding tert-OH is 1. The van der Waals surface area contributed by atoms with Crippen LogP contribution in [0.5, 0.6) is 5.75 Å². The van der Waals surface area contributed by atoms with Crippen LogP contribution in [0.3, 0.4) is 0 Å². The normalized spacial score (nSPS) is 22.4. The summed E-state index contributed by atoms with van der Waals surface area (Å²) < 4.78 is 5.14. The molecule has 0 bridgehead atoms.